The highest BCUT2D eigenvalue weighted by molar-refractivity contribution is 4.80. The van der Waals surface area contributed by atoms with E-state index >= 15 is 0 Å². The van der Waals surface area contributed by atoms with Crippen molar-refractivity contribution in [3.63, 3.8) is 0 Å². The van der Waals surface area contributed by atoms with Crippen molar-refractivity contribution in [2.45, 2.75) is 112 Å². The van der Waals surface area contributed by atoms with Gasteiger partial charge < -0.3 is 0 Å². The van der Waals surface area contributed by atoms with Crippen LogP contribution in [0.3, 0.4) is 0 Å². The second-order valence-corrected chi connectivity index (χ2v) is 9.40. The van der Waals surface area contributed by atoms with Crippen molar-refractivity contribution >= 4 is 0 Å². The largest absolute Gasteiger partial charge is 0.0776 e. The Morgan fingerprint density at radius 3 is 0.739 bits per heavy atom. The molecule has 0 bridgehead atoms. The maximum atomic E-state index is 2.43. The molecule has 0 aromatic rings. The molecule has 0 radical (unpaired) electrons. The van der Waals surface area contributed by atoms with Crippen molar-refractivity contribution in [1.29, 1.82) is 0 Å². The summed E-state index contributed by atoms with van der Waals surface area (Å²) in [4.78, 5) is 0. The lowest BCUT2D eigenvalue weighted by atomic mass is 9.70. The van der Waals surface area contributed by atoms with Gasteiger partial charge in [-0.1, -0.05) is 86.5 Å². The van der Waals surface area contributed by atoms with E-state index in [9.17, 15) is 0 Å². The van der Waals surface area contributed by atoms with Crippen LogP contribution in [0.15, 0.2) is 0 Å². The van der Waals surface area contributed by atoms with Crippen molar-refractivity contribution in [2.24, 2.45) is 35.5 Å². The first kappa shape index (κ1) is 21.0. The Morgan fingerprint density at radius 2 is 0.522 bits per heavy atom. The molecule has 23 heavy (non-hydrogen) atoms. The minimum absolute atomic E-state index is 0. The van der Waals surface area contributed by atoms with Gasteiger partial charge in [-0.25, -0.2) is 0 Å². The summed E-state index contributed by atoms with van der Waals surface area (Å²) in [6.07, 6.45) is 18.1. The molecule has 3 rings (SSSR count). The molecule has 0 atom stereocenters. The molecule has 0 N–H and O–H groups in total. The maximum absolute atomic E-state index is 2.43. The van der Waals surface area contributed by atoms with E-state index in [1.165, 1.54) is 51.4 Å². The fourth-order valence-corrected chi connectivity index (χ4v) is 4.94. The first-order chi connectivity index (χ1) is 10.5. The van der Waals surface area contributed by atoms with Crippen LogP contribution < -0.4 is 0 Å². The zero-order chi connectivity index (χ0) is 15.9. The van der Waals surface area contributed by atoms with E-state index in [0.29, 0.717) is 0 Å². The average molecular weight is 323 g/mol. The fourth-order valence-electron chi connectivity index (χ4n) is 4.94. The molecule has 0 saturated heterocycles. The van der Waals surface area contributed by atoms with Crippen molar-refractivity contribution in [3.05, 3.63) is 0 Å². The van der Waals surface area contributed by atoms with Crippen LogP contribution in [0, 0.1) is 35.5 Å². The smallest absolute Gasteiger partial charge is 0.0386 e. The molecule has 0 heteroatoms. The minimum atomic E-state index is 0. The second kappa shape index (κ2) is 10.8. The first-order valence-corrected chi connectivity index (χ1v) is 10.5. The Balaban J connectivity index is 0.000000253. The summed E-state index contributed by atoms with van der Waals surface area (Å²) < 4.78 is 0. The molecule has 0 amide bonds. The molecule has 0 heterocycles. The number of rotatable bonds is 1. The Bertz CT molecular complexity index is 240. The molecule has 0 aliphatic heterocycles. The molecule has 3 fully saturated rings. The maximum Gasteiger partial charge on any atom is -0.0386 e. The van der Waals surface area contributed by atoms with Crippen LogP contribution in [0.1, 0.15) is 112 Å². The van der Waals surface area contributed by atoms with Crippen LogP contribution in [0.2, 0.25) is 0 Å². The van der Waals surface area contributed by atoms with Gasteiger partial charge in [0.15, 0.2) is 0 Å². The van der Waals surface area contributed by atoms with Gasteiger partial charge in [0.1, 0.15) is 0 Å². The van der Waals surface area contributed by atoms with Crippen LogP contribution in [0.4, 0.5) is 0 Å². The monoisotopic (exact) mass is 322 g/mol. The van der Waals surface area contributed by atoms with Gasteiger partial charge >= 0.3 is 0 Å². The average Bonchev–Trinajstić information content (AvgIpc) is 2.53. The van der Waals surface area contributed by atoms with E-state index in [2.05, 4.69) is 27.7 Å². The lowest BCUT2D eigenvalue weighted by molar-refractivity contribution is 0.155. The van der Waals surface area contributed by atoms with Gasteiger partial charge in [-0.2, -0.15) is 0 Å². The van der Waals surface area contributed by atoms with E-state index in [-0.39, 0.29) is 7.43 Å². The van der Waals surface area contributed by atoms with E-state index < -0.39 is 0 Å². The first-order valence-electron chi connectivity index (χ1n) is 10.5. The zero-order valence-electron chi connectivity index (χ0n) is 15.9. The SMILES string of the molecule is C.CC1CCC(C)CC1.CC1CCC(C2CCC(C)CC2)CC1. The third-order valence-electron chi connectivity index (χ3n) is 7.09. The van der Waals surface area contributed by atoms with E-state index in [1.807, 2.05) is 0 Å². The quantitative estimate of drug-likeness (QED) is 0.457. The van der Waals surface area contributed by atoms with E-state index in [0.717, 1.165) is 35.5 Å². The van der Waals surface area contributed by atoms with Crippen LogP contribution in [-0.4, -0.2) is 0 Å². The van der Waals surface area contributed by atoms with Crippen LogP contribution >= 0.6 is 0 Å². The lowest BCUT2D eigenvalue weighted by Crippen LogP contribution is -2.24. The Morgan fingerprint density at radius 1 is 0.348 bits per heavy atom. The second-order valence-electron chi connectivity index (χ2n) is 9.40. The van der Waals surface area contributed by atoms with Gasteiger partial charge in [0.05, 0.1) is 0 Å². The Kier molecular flexibility index (Phi) is 9.86. The zero-order valence-corrected chi connectivity index (χ0v) is 15.9. The van der Waals surface area contributed by atoms with Gasteiger partial charge in [-0.15, -0.1) is 0 Å². The minimum Gasteiger partial charge on any atom is -0.0776 e. The van der Waals surface area contributed by atoms with Gasteiger partial charge in [-0.05, 0) is 61.2 Å². The van der Waals surface area contributed by atoms with Crippen LogP contribution in [0.5, 0.6) is 0 Å². The number of hydrogen-bond donors (Lipinski definition) is 0. The molecule has 3 saturated carbocycles. The van der Waals surface area contributed by atoms with Gasteiger partial charge in [0, 0.05) is 0 Å². The third-order valence-corrected chi connectivity index (χ3v) is 7.09. The van der Waals surface area contributed by atoms with Crippen molar-refractivity contribution in [2.75, 3.05) is 0 Å². The summed E-state index contributed by atoms with van der Waals surface area (Å²) in [6.45, 7) is 9.59. The normalized spacial score (nSPS) is 41.2. The summed E-state index contributed by atoms with van der Waals surface area (Å²) in [7, 11) is 0. The van der Waals surface area contributed by atoms with Crippen LogP contribution in [-0.2, 0) is 0 Å². The lowest BCUT2D eigenvalue weighted by Gasteiger charge is -2.36. The van der Waals surface area contributed by atoms with E-state index in [4.69, 9.17) is 0 Å². The Hall–Kier alpha value is 0. The molecule has 0 aromatic carbocycles. The molecule has 0 nitrogen and oxygen atoms in total. The Labute approximate surface area is 148 Å². The van der Waals surface area contributed by atoms with Gasteiger partial charge in [0.25, 0.3) is 0 Å². The molecule has 0 unspecified atom stereocenters. The van der Waals surface area contributed by atoms with Crippen LogP contribution in [0.25, 0.3) is 0 Å². The van der Waals surface area contributed by atoms with Gasteiger partial charge in [-0.3, -0.25) is 0 Å². The topological polar surface area (TPSA) is 0 Å². The highest BCUT2D eigenvalue weighted by Crippen LogP contribution is 2.40. The summed E-state index contributed by atoms with van der Waals surface area (Å²) in [6, 6.07) is 0. The van der Waals surface area contributed by atoms with Crippen molar-refractivity contribution in [3.8, 4) is 0 Å². The molecule has 138 valence electrons. The molecular formula is C23H46. The molecule has 3 aliphatic rings. The number of hydrogen-bond acceptors (Lipinski definition) is 0. The molecular weight excluding hydrogens is 276 g/mol. The summed E-state index contributed by atoms with van der Waals surface area (Å²) in [5.74, 6) is 6.30. The van der Waals surface area contributed by atoms with Crippen molar-refractivity contribution in [1.82, 2.24) is 0 Å². The molecule has 0 spiro atoms. The highest BCUT2D eigenvalue weighted by Gasteiger charge is 2.28. The molecule has 0 aromatic heterocycles. The molecule has 3 aliphatic carbocycles. The standard InChI is InChI=1S/C14H26.C8H16.CH4/c1-11-3-7-13(8-4-11)14-9-5-12(2)6-10-14;1-7-3-5-8(2)6-4-7;/h11-14H,3-10H2,1-2H3;7-8H,3-6H2,1-2H3;1H4. The fraction of sp³-hybridized carbons (Fsp3) is 1.00. The predicted octanol–water partition coefficient (Wildman–Crippen LogP) is 8.11. The van der Waals surface area contributed by atoms with Crippen molar-refractivity contribution < 1.29 is 0 Å². The summed E-state index contributed by atoms with van der Waals surface area (Å²) >= 11 is 0. The third kappa shape index (κ3) is 7.61. The predicted molar refractivity (Wildman–Crippen MR) is 106 cm³/mol. The highest BCUT2D eigenvalue weighted by atomic mass is 14.3. The summed E-state index contributed by atoms with van der Waals surface area (Å²) in [5, 5.41) is 0. The van der Waals surface area contributed by atoms with Gasteiger partial charge in [0.2, 0.25) is 0 Å². The van der Waals surface area contributed by atoms with E-state index in [1.54, 1.807) is 25.7 Å². The summed E-state index contributed by atoms with van der Waals surface area (Å²) in [5.41, 5.74) is 0.